The third-order valence-electron chi connectivity index (χ3n) is 3.59. The zero-order valence-corrected chi connectivity index (χ0v) is 10.7. The molecule has 0 saturated heterocycles. The molecule has 1 rings (SSSR count). The van der Waals surface area contributed by atoms with Crippen LogP contribution in [0.25, 0.3) is 0 Å². The molecular formula is C14H25NO. The minimum Gasteiger partial charge on any atom is -0.380 e. The first-order valence-electron chi connectivity index (χ1n) is 6.53. The quantitative estimate of drug-likeness (QED) is 0.699. The molecule has 0 radical (unpaired) electrons. The molecule has 0 bridgehead atoms. The van der Waals surface area contributed by atoms with Crippen molar-refractivity contribution in [2.45, 2.75) is 57.6 Å². The van der Waals surface area contributed by atoms with E-state index in [0.717, 1.165) is 13.0 Å². The summed E-state index contributed by atoms with van der Waals surface area (Å²) >= 11 is 0. The van der Waals surface area contributed by atoms with Gasteiger partial charge in [0, 0.05) is 19.6 Å². The molecule has 1 aliphatic carbocycles. The fraction of sp³-hybridized carbons (Fsp3) is 0.857. The lowest BCUT2D eigenvalue weighted by atomic mass is 9.82. The highest BCUT2D eigenvalue weighted by molar-refractivity contribution is 4.95. The van der Waals surface area contributed by atoms with Crippen molar-refractivity contribution in [3.63, 3.8) is 0 Å². The molecule has 1 saturated carbocycles. The van der Waals surface area contributed by atoms with Gasteiger partial charge in [-0.05, 0) is 25.3 Å². The van der Waals surface area contributed by atoms with Gasteiger partial charge < -0.3 is 10.1 Å². The van der Waals surface area contributed by atoms with E-state index in [9.17, 15) is 0 Å². The smallest absolute Gasteiger partial charge is 0.0761 e. The van der Waals surface area contributed by atoms with Crippen molar-refractivity contribution < 1.29 is 4.74 Å². The first kappa shape index (κ1) is 13.5. The van der Waals surface area contributed by atoms with Gasteiger partial charge in [-0.1, -0.05) is 26.2 Å². The summed E-state index contributed by atoms with van der Waals surface area (Å²) in [5.41, 5.74) is 0. The van der Waals surface area contributed by atoms with Gasteiger partial charge in [-0.25, -0.2) is 0 Å². The molecule has 1 aliphatic rings. The van der Waals surface area contributed by atoms with Gasteiger partial charge in [0.15, 0.2) is 0 Å². The van der Waals surface area contributed by atoms with Crippen molar-refractivity contribution in [3.05, 3.63) is 0 Å². The van der Waals surface area contributed by atoms with Gasteiger partial charge >= 0.3 is 0 Å². The summed E-state index contributed by atoms with van der Waals surface area (Å²) in [5, 5.41) is 3.46. The first-order chi connectivity index (χ1) is 7.83. The summed E-state index contributed by atoms with van der Waals surface area (Å²) in [6.07, 6.45) is 13.2. The van der Waals surface area contributed by atoms with Crippen LogP contribution in [0.3, 0.4) is 0 Å². The van der Waals surface area contributed by atoms with E-state index < -0.39 is 0 Å². The maximum absolute atomic E-state index is 5.70. The van der Waals surface area contributed by atoms with Gasteiger partial charge in [-0.3, -0.25) is 0 Å². The predicted molar refractivity (Wildman–Crippen MR) is 68.3 cm³/mol. The van der Waals surface area contributed by atoms with Crippen LogP contribution in [0.2, 0.25) is 0 Å². The molecular weight excluding hydrogens is 198 g/mol. The fourth-order valence-corrected chi connectivity index (χ4v) is 2.84. The Hall–Kier alpha value is -0.520. The highest BCUT2D eigenvalue weighted by atomic mass is 16.5. The summed E-state index contributed by atoms with van der Waals surface area (Å²) in [6.45, 7) is 3.08. The van der Waals surface area contributed by atoms with Gasteiger partial charge in [0.1, 0.15) is 0 Å². The molecule has 1 N–H and O–H groups in total. The second-order valence-corrected chi connectivity index (χ2v) is 4.67. The standard InChI is InChI=1S/C14H25NO/c1-4-9-13(15-5-2)14(16-3)12-10-7-6-8-11-12/h1,12-15H,5-11H2,2-3H3. The number of rotatable bonds is 6. The second kappa shape index (κ2) is 7.70. The van der Waals surface area contributed by atoms with Crippen LogP contribution in [0.15, 0.2) is 0 Å². The Balaban J connectivity index is 2.57. The monoisotopic (exact) mass is 223 g/mol. The third-order valence-corrected chi connectivity index (χ3v) is 3.59. The molecule has 0 aromatic carbocycles. The summed E-state index contributed by atoms with van der Waals surface area (Å²) in [7, 11) is 1.82. The summed E-state index contributed by atoms with van der Waals surface area (Å²) in [4.78, 5) is 0. The lowest BCUT2D eigenvalue weighted by Gasteiger charge is -2.34. The molecule has 2 unspecified atom stereocenters. The van der Waals surface area contributed by atoms with Crippen molar-refractivity contribution in [3.8, 4) is 12.3 Å². The van der Waals surface area contributed by atoms with Crippen molar-refractivity contribution >= 4 is 0 Å². The van der Waals surface area contributed by atoms with E-state index >= 15 is 0 Å². The van der Waals surface area contributed by atoms with E-state index in [1.54, 1.807) is 0 Å². The predicted octanol–water partition coefficient (Wildman–Crippen LogP) is 2.58. The van der Waals surface area contributed by atoms with Gasteiger partial charge in [0.25, 0.3) is 0 Å². The molecule has 0 aliphatic heterocycles. The van der Waals surface area contributed by atoms with Crippen LogP contribution in [0.4, 0.5) is 0 Å². The molecule has 2 nitrogen and oxygen atoms in total. The number of nitrogens with one attached hydrogen (secondary N) is 1. The Morgan fingerprint density at radius 2 is 2.06 bits per heavy atom. The van der Waals surface area contributed by atoms with Crippen LogP contribution in [0.5, 0.6) is 0 Å². The number of hydrogen-bond acceptors (Lipinski definition) is 2. The Morgan fingerprint density at radius 1 is 1.38 bits per heavy atom. The van der Waals surface area contributed by atoms with Crippen LogP contribution in [-0.4, -0.2) is 25.8 Å². The van der Waals surface area contributed by atoms with E-state index in [-0.39, 0.29) is 6.10 Å². The molecule has 0 amide bonds. The van der Waals surface area contributed by atoms with Crippen LogP contribution < -0.4 is 5.32 Å². The molecule has 0 aromatic rings. The molecule has 2 heteroatoms. The number of likely N-dealkylation sites (N-methyl/N-ethyl adjacent to an activating group) is 1. The van der Waals surface area contributed by atoms with Gasteiger partial charge in [0.05, 0.1) is 6.10 Å². The molecule has 2 atom stereocenters. The minimum atomic E-state index is 0.288. The number of terminal acetylenes is 1. The fourth-order valence-electron chi connectivity index (χ4n) is 2.84. The molecule has 0 aromatic heterocycles. The number of methoxy groups -OCH3 is 1. The minimum absolute atomic E-state index is 0.288. The maximum Gasteiger partial charge on any atom is 0.0761 e. The van der Waals surface area contributed by atoms with Gasteiger partial charge in [0.2, 0.25) is 0 Å². The SMILES string of the molecule is C#CCC(NCC)C(OC)C1CCCCC1. The maximum atomic E-state index is 5.70. The average molecular weight is 223 g/mol. The van der Waals surface area contributed by atoms with E-state index in [2.05, 4.69) is 18.2 Å². The van der Waals surface area contributed by atoms with Crippen molar-refractivity contribution in [2.75, 3.05) is 13.7 Å². The highest BCUT2D eigenvalue weighted by Gasteiger charge is 2.29. The van der Waals surface area contributed by atoms with E-state index in [1.165, 1.54) is 32.1 Å². The lowest BCUT2D eigenvalue weighted by Crippen LogP contribution is -2.45. The molecule has 1 fully saturated rings. The van der Waals surface area contributed by atoms with Crippen LogP contribution >= 0.6 is 0 Å². The molecule has 92 valence electrons. The molecule has 0 heterocycles. The van der Waals surface area contributed by atoms with Crippen molar-refractivity contribution in [1.29, 1.82) is 0 Å². The largest absolute Gasteiger partial charge is 0.380 e. The normalized spacial score (nSPS) is 21.3. The average Bonchev–Trinajstić information content (AvgIpc) is 2.32. The zero-order chi connectivity index (χ0) is 11.8. The summed E-state index contributed by atoms with van der Waals surface area (Å²) in [5.74, 6) is 3.45. The topological polar surface area (TPSA) is 21.3 Å². The Kier molecular flexibility index (Phi) is 6.52. The van der Waals surface area contributed by atoms with E-state index in [0.29, 0.717) is 12.0 Å². The van der Waals surface area contributed by atoms with Gasteiger partial charge in [-0.15, -0.1) is 12.3 Å². The van der Waals surface area contributed by atoms with Crippen LogP contribution in [-0.2, 0) is 4.74 Å². The first-order valence-corrected chi connectivity index (χ1v) is 6.53. The summed E-state index contributed by atoms with van der Waals surface area (Å²) in [6, 6.07) is 0.322. The lowest BCUT2D eigenvalue weighted by molar-refractivity contribution is 0.00986. The molecule has 0 spiro atoms. The third kappa shape index (κ3) is 3.81. The number of hydrogen-bond donors (Lipinski definition) is 1. The molecule has 16 heavy (non-hydrogen) atoms. The number of ether oxygens (including phenoxy) is 1. The second-order valence-electron chi connectivity index (χ2n) is 4.67. The van der Waals surface area contributed by atoms with Crippen LogP contribution in [0.1, 0.15) is 45.4 Å². The van der Waals surface area contributed by atoms with E-state index in [1.807, 2.05) is 7.11 Å². The Labute approximate surface area is 100 Å². The van der Waals surface area contributed by atoms with Gasteiger partial charge in [-0.2, -0.15) is 0 Å². The van der Waals surface area contributed by atoms with Crippen molar-refractivity contribution in [2.24, 2.45) is 5.92 Å². The Bertz CT molecular complexity index is 215. The Morgan fingerprint density at radius 3 is 2.56 bits per heavy atom. The van der Waals surface area contributed by atoms with Crippen molar-refractivity contribution in [1.82, 2.24) is 5.32 Å². The summed E-state index contributed by atoms with van der Waals surface area (Å²) < 4.78 is 5.70. The highest BCUT2D eigenvalue weighted by Crippen LogP contribution is 2.29. The van der Waals surface area contributed by atoms with E-state index in [4.69, 9.17) is 11.2 Å². The van der Waals surface area contributed by atoms with Crippen LogP contribution in [0, 0.1) is 18.3 Å². The zero-order valence-electron chi connectivity index (χ0n) is 10.7.